The number of aliphatic hydroxyl groups is 1. The number of aliphatic carboxylic acids is 1. The fourth-order valence-corrected chi connectivity index (χ4v) is 7.71. The van der Waals surface area contributed by atoms with Crippen LogP contribution in [0, 0.1) is 5.92 Å². The molecule has 2 aromatic rings. The first-order valence-corrected chi connectivity index (χ1v) is 17.3. The Morgan fingerprint density at radius 3 is 2.57 bits per heavy atom. The van der Waals surface area contributed by atoms with E-state index in [9.17, 15) is 36.6 Å². The number of hydrogen-bond donors (Lipinski definition) is 5. The molecule has 3 aliphatic rings. The number of ketones is 1. The summed E-state index contributed by atoms with van der Waals surface area (Å²) in [5.41, 5.74) is -1.68. The quantitative estimate of drug-likeness (QED) is 0.247. The molecular formula is C29H35ClN4O8S2. The minimum Gasteiger partial charge on any atom is -0.506 e. The number of rotatable bonds is 9. The molecule has 0 saturated carbocycles. The van der Waals surface area contributed by atoms with E-state index in [1.54, 1.807) is 18.2 Å². The van der Waals surface area contributed by atoms with E-state index in [1.807, 2.05) is 13.8 Å². The number of nitrogens with zero attached hydrogens (tertiary/aromatic N) is 1. The highest BCUT2D eigenvalue weighted by Crippen LogP contribution is 2.46. The molecule has 2 heterocycles. The van der Waals surface area contributed by atoms with Crippen LogP contribution in [0.15, 0.2) is 51.3 Å². The Balaban J connectivity index is 0.00000442. The maximum Gasteiger partial charge on any atom is 0.322 e. The lowest BCUT2D eigenvalue weighted by Crippen LogP contribution is -2.50. The maximum atomic E-state index is 14.4. The van der Waals surface area contributed by atoms with Crippen LogP contribution in [0.3, 0.4) is 0 Å². The van der Waals surface area contributed by atoms with Crippen molar-refractivity contribution in [3.8, 4) is 0 Å². The third-order valence-electron chi connectivity index (χ3n) is 8.05. The van der Waals surface area contributed by atoms with Gasteiger partial charge in [0.25, 0.3) is 10.0 Å². The van der Waals surface area contributed by atoms with E-state index < -0.39 is 54.4 Å². The van der Waals surface area contributed by atoms with Gasteiger partial charge in [-0.3, -0.25) is 14.3 Å². The Morgan fingerprint density at radius 1 is 1.23 bits per heavy atom. The molecule has 12 nitrogen and oxygen atoms in total. The monoisotopic (exact) mass is 666 g/mol. The van der Waals surface area contributed by atoms with Gasteiger partial charge in [-0.2, -0.15) is 8.42 Å². The number of hydrogen-bond acceptors (Lipinski definition) is 9. The van der Waals surface area contributed by atoms with Crippen LogP contribution < -0.4 is 15.4 Å². The zero-order chi connectivity index (χ0) is 31.3. The summed E-state index contributed by atoms with van der Waals surface area (Å²) in [7, 11) is -8.22. The lowest BCUT2D eigenvalue weighted by molar-refractivity contribution is -0.148. The second kappa shape index (κ2) is 12.1. The average molecular weight is 667 g/mol. The van der Waals surface area contributed by atoms with Crippen molar-refractivity contribution in [2.45, 2.75) is 62.3 Å². The molecule has 0 aromatic heterocycles. The van der Waals surface area contributed by atoms with E-state index in [-0.39, 0.29) is 58.2 Å². The van der Waals surface area contributed by atoms with E-state index in [0.29, 0.717) is 18.4 Å². The zero-order valence-electron chi connectivity index (χ0n) is 24.4. The summed E-state index contributed by atoms with van der Waals surface area (Å²) in [6.45, 7) is 4.64. The highest BCUT2D eigenvalue weighted by Gasteiger charge is 2.55. The number of nitrogens with one attached hydrogen (secondary N) is 3. The van der Waals surface area contributed by atoms with Crippen LogP contribution in [0.25, 0.3) is 5.76 Å². The van der Waals surface area contributed by atoms with Gasteiger partial charge >= 0.3 is 5.97 Å². The van der Waals surface area contributed by atoms with Crippen molar-refractivity contribution in [3.05, 3.63) is 58.7 Å². The molecule has 5 N–H and O–H groups in total. The number of carboxylic acid groups (broad SMARTS) is 1. The molecule has 0 spiro atoms. The van der Waals surface area contributed by atoms with Crippen LogP contribution in [-0.4, -0.2) is 63.5 Å². The minimum absolute atomic E-state index is 0. The number of Topliss-reactive ketones (excluding diaryl/α,β-unsaturated/α-hetero) is 1. The molecule has 0 bridgehead atoms. The lowest BCUT2D eigenvalue weighted by atomic mass is 9.64. The van der Waals surface area contributed by atoms with Gasteiger partial charge in [-0.05, 0) is 73.9 Å². The number of amidine groups is 1. The van der Waals surface area contributed by atoms with Crippen LogP contribution in [0.1, 0.15) is 56.2 Å². The van der Waals surface area contributed by atoms with Gasteiger partial charge in [-0.15, -0.1) is 16.8 Å². The first-order chi connectivity index (χ1) is 20.1. The largest absolute Gasteiger partial charge is 0.506 e. The maximum absolute atomic E-state index is 14.4. The first kappa shape index (κ1) is 33.4. The molecule has 1 fully saturated rings. The second-order valence-electron chi connectivity index (χ2n) is 11.7. The summed E-state index contributed by atoms with van der Waals surface area (Å²) in [5.74, 6) is -3.38. The van der Waals surface area contributed by atoms with Crippen molar-refractivity contribution in [3.63, 3.8) is 0 Å². The Labute approximate surface area is 262 Å². The number of carboxylic acids is 1. The van der Waals surface area contributed by atoms with Gasteiger partial charge in [0.15, 0.2) is 17.0 Å². The highest BCUT2D eigenvalue weighted by molar-refractivity contribution is 7.92. The van der Waals surface area contributed by atoms with E-state index >= 15 is 0 Å². The average Bonchev–Trinajstić information content (AvgIpc) is 3.41. The van der Waals surface area contributed by atoms with Crippen molar-refractivity contribution < 1.29 is 36.6 Å². The van der Waals surface area contributed by atoms with Crippen LogP contribution >= 0.6 is 12.4 Å². The molecule has 0 unspecified atom stereocenters. The number of sulfonamides is 2. The van der Waals surface area contributed by atoms with E-state index in [1.165, 1.54) is 12.1 Å². The molecule has 5 rings (SSSR count). The first-order valence-electron chi connectivity index (χ1n) is 14.0. The molecule has 2 aromatic carbocycles. The highest BCUT2D eigenvalue weighted by atomic mass is 35.5. The normalized spacial score (nSPS) is 22.4. The lowest BCUT2D eigenvalue weighted by Gasteiger charge is -2.37. The van der Waals surface area contributed by atoms with Crippen molar-refractivity contribution in [1.29, 1.82) is 0 Å². The second-order valence-corrected chi connectivity index (χ2v) is 15.0. The molecule has 1 saturated heterocycles. The number of aliphatic hydroxyl groups excluding tert-OH is 1. The number of halogens is 1. The smallest absolute Gasteiger partial charge is 0.322 e. The standard InChI is InChI=1S/C29H34N4O8S2.ClH/c1-16(2)11-12-29(28(36)37)20-8-4-6-17(14-18-7-5-13-30-18)23(20)25(34)24(26(29)35)27-31-21-10-9-19(32-42(3,38)39)15-22(21)43(40,41)33-27;/h4,6,8-10,15-16,18,30,32,34H,5,7,11-14H2,1-3H3,(H,31,33)(H,36,37);1H/t18-,29+;/m1./s1. The molecule has 1 aliphatic carbocycles. The fraction of sp³-hybridized carbons (Fsp3) is 0.414. The van der Waals surface area contributed by atoms with E-state index in [0.717, 1.165) is 31.7 Å². The molecule has 2 atom stereocenters. The van der Waals surface area contributed by atoms with Crippen molar-refractivity contribution >= 4 is 67.2 Å². The van der Waals surface area contributed by atoms with Crippen LogP contribution in [0.2, 0.25) is 0 Å². The van der Waals surface area contributed by atoms with E-state index in [4.69, 9.17) is 0 Å². The molecular weight excluding hydrogens is 632 g/mol. The topological polar surface area (TPSA) is 191 Å². The van der Waals surface area contributed by atoms with Crippen LogP contribution in [-0.2, 0) is 41.5 Å². The van der Waals surface area contributed by atoms with Gasteiger partial charge in [0.1, 0.15) is 16.2 Å². The predicted molar refractivity (Wildman–Crippen MR) is 170 cm³/mol. The Morgan fingerprint density at radius 2 is 1.95 bits per heavy atom. The Hall–Kier alpha value is -3.46. The number of carbonyl (C=O) groups excluding carboxylic acids is 1. The number of fused-ring (bicyclic) bond motifs is 2. The SMILES string of the molecule is CC(C)CC[C@@]1(C(=O)O)C(=O)C(C2=NS(=O)(=O)c3cc(NS(C)(=O)=O)ccc3N2)=C(O)c2c(C[C@H]3CCCN3)cccc21.Cl. The van der Waals surface area contributed by atoms with Gasteiger partial charge in [-0.25, -0.2) is 8.42 Å². The summed E-state index contributed by atoms with van der Waals surface area (Å²) < 4.78 is 56.1. The van der Waals surface area contributed by atoms with Gasteiger partial charge in [0.05, 0.1) is 11.9 Å². The summed E-state index contributed by atoms with van der Waals surface area (Å²) in [6, 6.07) is 8.79. The molecule has 0 amide bonds. The summed E-state index contributed by atoms with van der Waals surface area (Å²) >= 11 is 0. The van der Waals surface area contributed by atoms with Crippen LogP contribution in [0.5, 0.6) is 0 Å². The summed E-state index contributed by atoms with van der Waals surface area (Å²) in [6.07, 6.45) is 3.53. The molecule has 238 valence electrons. The zero-order valence-corrected chi connectivity index (χ0v) is 26.8. The summed E-state index contributed by atoms with van der Waals surface area (Å²) in [4.78, 5) is 27.2. The van der Waals surface area contributed by atoms with Crippen molar-refractivity contribution in [1.82, 2.24) is 5.32 Å². The van der Waals surface area contributed by atoms with Gasteiger partial charge < -0.3 is 20.8 Å². The van der Waals surface area contributed by atoms with Crippen molar-refractivity contribution in [2.24, 2.45) is 10.3 Å². The van der Waals surface area contributed by atoms with Gasteiger partial charge in [-0.1, -0.05) is 32.0 Å². The van der Waals surface area contributed by atoms with Gasteiger partial charge in [0.2, 0.25) is 10.0 Å². The number of benzene rings is 2. The number of anilines is 2. The third kappa shape index (κ3) is 6.08. The van der Waals surface area contributed by atoms with Crippen molar-refractivity contribution in [2.75, 3.05) is 22.8 Å². The molecule has 44 heavy (non-hydrogen) atoms. The Bertz CT molecular complexity index is 1800. The third-order valence-corrected chi connectivity index (χ3v) is 9.98. The van der Waals surface area contributed by atoms with Crippen LogP contribution in [0.4, 0.5) is 11.4 Å². The molecule has 2 aliphatic heterocycles. The molecule has 0 radical (unpaired) electrons. The van der Waals surface area contributed by atoms with E-state index in [2.05, 4.69) is 19.8 Å². The predicted octanol–water partition coefficient (Wildman–Crippen LogP) is 3.60. The number of carbonyl (C=O) groups is 2. The fourth-order valence-electron chi connectivity index (χ4n) is 6.01. The molecule has 15 heteroatoms. The summed E-state index contributed by atoms with van der Waals surface area (Å²) in [5, 5.41) is 28.6. The minimum atomic E-state index is -4.52. The Kier molecular flexibility index (Phi) is 9.23. The van der Waals surface area contributed by atoms with Gasteiger partial charge in [0, 0.05) is 17.3 Å².